The lowest BCUT2D eigenvalue weighted by atomic mass is 10.1. The van der Waals surface area contributed by atoms with Gasteiger partial charge in [-0.1, -0.05) is 6.07 Å². The minimum absolute atomic E-state index is 0.0214. The van der Waals surface area contributed by atoms with Crippen molar-refractivity contribution < 1.29 is 19.1 Å². The molecule has 0 atom stereocenters. The van der Waals surface area contributed by atoms with Gasteiger partial charge in [0.2, 0.25) is 0 Å². The van der Waals surface area contributed by atoms with E-state index >= 15 is 0 Å². The van der Waals surface area contributed by atoms with Crippen molar-refractivity contribution >= 4 is 43.8 Å². The highest BCUT2D eigenvalue weighted by atomic mass is 32.1. The zero-order chi connectivity index (χ0) is 26.9. The molecule has 1 aliphatic heterocycles. The lowest BCUT2D eigenvalue weighted by Crippen LogP contribution is -2.47. The number of nitrogens with one attached hydrogen (secondary N) is 1. The van der Waals surface area contributed by atoms with Crippen molar-refractivity contribution in [3.8, 4) is 0 Å². The molecule has 0 radical (unpaired) electrons. The van der Waals surface area contributed by atoms with Gasteiger partial charge in [-0.3, -0.25) is 9.69 Å². The molecule has 3 heterocycles. The first-order chi connectivity index (χ1) is 18.5. The summed E-state index contributed by atoms with van der Waals surface area (Å²) in [7, 11) is 0. The van der Waals surface area contributed by atoms with Crippen LogP contribution < -0.4 is 10.7 Å². The van der Waals surface area contributed by atoms with Gasteiger partial charge in [0, 0.05) is 75.2 Å². The molecular weight excluding hydrogens is 506 g/mol. The van der Waals surface area contributed by atoms with Gasteiger partial charge in [-0.05, 0) is 43.7 Å². The zero-order valence-corrected chi connectivity index (χ0v) is 22.8. The third-order valence-corrected chi connectivity index (χ3v) is 7.55. The maximum atomic E-state index is 13.2. The molecule has 1 saturated heterocycles. The summed E-state index contributed by atoms with van der Waals surface area (Å²) in [6, 6.07) is 9.55. The number of ether oxygens (including phenoxy) is 2. The Bertz CT molecular complexity index is 1280. The molecule has 0 spiro atoms. The van der Waals surface area contributed by atoms with Gasteiger partial charge in [-0.2, -0.15) is 0 Å². The van der Waals surface area contributed by atoms with Crippen LogP contribution in [-0.4, -0.2) is 97.4 Å². The van der Waals surface area contributed by atoms with E-state index in [4.69, 9.17) is 9.47 Å². The maximum Gasteiger partial charge on any atom is 0.409 e. The topological polar surface area (TPSA) is 104 Å². The summed E-state index contributed by atoms with van der Waals surface area (Å²) >= 11 is 1.51. The Hall–Kier alpha value is -3.28. The van der Waals surface area contributed by atoms with E-state index in [9.17, 15) is 14.4 Å². The highest BCUT2D eigenvalue weighted by molar-refractivity contribution is 7.24. The van der Waals surface area contributed by atoms with Gasteiger partial charge in [0.05, 0.1) is 18.6 Å². The highest BCUT2D eigenvalue weighted by Crippen LogP contribution is 2.24. The first-order valence-electron chi connectivity index (χ1n) is 13.1. The lowest BCUT2D eigenvalue weighted by molar-refractivity contribution is 0.0907. The molecule has 3 aromatic rings. The molecule has 1 aliphatic rings. The van der Waals surface area contributed by atoms with Crippen LogP contribution in [0, 0.1) is 0 Å². The molecule has 1 N–H and O–H groups in total. The number of hydrogen-bond acceptors (Lipinski definition) is 9. The van der Waals surface area contributed by atoms with E-state index in [-0.39, 0.29) is 17.6 Å². The number of fused-ring (bicyclic) bond motifs is 2. The number of nitrogens with zero attached hydrogens (tertiary/aromatic N) is 4. The van der Waals surface area contributed by atoms with Gasteiger partial charge in [-0.25, -0.2) is 14.6 Å². The van der Waals surface area contributed by atoms with Crippen LogP contribution in [0.15, 0.2) is 41.3 Å². The molecule has 2 amide bonds. The zero-order valence-electron chi connectivity index (χ0n) is 22.0. The molecule has 0 aliphatic carbocycles. The van der Waals surface area contributed by atoms with E-state index < -0.39 is 0 Å². The van der Waals surface area contributed by atoms with Gasteiger partial charge in [-0.15, -0.1) is 11.3 Å². The fraction of sp³-hybridized carbons (Fsp3) is 0.481. The van der Waals surface area contributed by atoms with Gasteiger partial charge < -0.3 is 24.6 Å². The van der Waals surface area contributed by atoms with Crippen LogP contribution >= 0.6 is 11.3 Å². The predicted molar refractivity (Wildman–Crippen MR) is 149 cm³/mol. The molecule has 38 heavy (non-hydrogen) atoms. The largest absolute Gasteiger partial charge is 0.450 e. The number of pyridine rings is 1. The Balaban J connectivity index is 1.58. The van der Waals surface area contributed by atoms with E-state index in [1.165, 1.54) is 11.3 Å². The normalized spacial score (nSPS) is 16.2. The van der Waals surface area contributed by atoms with Crippen LogP contribution in [0.4, 0.5) is 9.59 Å². The Labute approximate surface area is 226 Å². The summed E-state index contributed by atoms with van der Waals surface area (Å²) in [5, 5.41) is 4.60. The molecule has 204 valence electrons. The van der Waals surface area contributed by atoms with Crippen LogP contribution in [-0.2, 0) is 16.0 Å². The number of rotatable bonds is 4. The van der Waals surface area contributed by atoms with Crippen LogP contribution in [0.1, 0.15) is 19.4 Å². The first kappa shape index (κ1) is 27.7. The number of benzene rings is 1. The monoisotopic (exact) mass is 541 g/mol. The number of carbonyl (C=O) groups excluding carboxylic acids is 2. The number of aromatic nitrogens is 1. The number of hydrogen-bond donors (Lipinski definition) is 1. The molecule has 0 unspecified atom stereocenters. The molecule has 1 fully saturated rings. The number of amides is 2. The first-order valence-corrected chi connectivity index (χ1v) is 13.9. The van der Waals surface area contributed by atoms with Crippen molar-refractivity contribution in [3.63, 3.8) is 0 Å². The van der Waals surface area contributed by atoms with E-state index in [1.54, 1.807) is 35.9 Å². The molecule has 0 bridgehead atoms. The predicted octanol–water partition coefficient (Wildman–Crippen LogP) is 3.13. The van der Waals surface area contributed by atoms with Crippen LogP contribution in [0.5, 0.6) is 0 Å². The van der Waals surface area contributed by atoms with E-state index in [1.807, 2.05) is 24.3 Å². The van der Waals surface area contributed by atoms with Gasteiger partial charge in [0.15, 0.2) is 5.43 Å². The van der Waals surface area contributed by atoms with Crippen molar-refractivity contribution in [2.45, 2.75) is 20.4 Å². The van der Waals surface area contributed by atoms with Crippen LogP contribution in [0.25, 0.3) is 20.3 Å². The van der Waals surface area contributed by atoms with Gasteiger partial charge in [0.25, 0.3) is 0 Å². The van der Waals surface area contributed by atoms with Crippen molar-refractivity contribution in [3.05, 3.63) is 52.3 Å². The van der Waals surface area contributed by atoms with Crippen LogP contribution in [0.2, 0.25) is 0 Å². The Morgan fingerprint density at radius 1 is 0.921 bits per heavy atom. The summed E-state index contributed by atoms with van der Waals surface area (Å²) in [4.78, 5) is 48.9. The molecule has 1 aromatic carbocycles. The molecule has 0 saturated carbocycles. The van der Waals surface area contributed by atoms with Gasteiger partial charge >= 0.3 is 12.2 Å². The molecule has 11 heteroatoms. The third-order valence-electron chi connectivity index (χ3n) is 6.46. The second-order valence-electron chi connectivity index (χ2n) is 9.02. The molecule has 10 nitrogen and oxygen atoms in total. The molecule has 2 aromatic heterocycles. The van der Waals surface area contributed by atoms with E-state index in [0.717, 1.165) is 15.1 Å². The van der Waals surface area contributed by atoms with Crippen molar-refractivity contribution in [1.29, 1.82) is 0 Å². The fourth-order valence-corrected chi connectivity index (χ4v) is 5.45. The summed E-state index contributed by atoms with van der Waals surface area (Å²) in [5.74, 6) is 0. The minimum Gasteiger partial charge on any atom is -0.450 e. The number of carbonyl (C=O) groups is 2. The fourth-order valence-electron chi connectivity index (χ4n) is 4.46. The Morgan fingerprint density at radius 3 is 2.21 bits per heavy atom. The second-order valence-corrected chi connectivity index (χ2v) is 10.0. The summed E-state index contributed by atoms with van der Waals surface area (Å²) in [6.07, 6.45) is 1.04. The van der Waals surface area contributed by atoms with Crippen molar-refractivity contribution in [1.82, 2.24) is 25.0 Å². The summed E-state index contributed by atoms with van der Waals surface area (Å²) < 4.78 is 11.4. The SMILES string of the molecule is CCOC(=O)N1CCNCCN(C(=O)OCC)CCN(Cc2ccc3sc4ncccc4c(=O)c3c2)CC1. The smallest absolute Gasteiger partial charge is 0.409 e. The van der Waals surface area contributed by atoms with E-state index in [2.05, 4.69) is 15.2 Å². The highest BCUT2D eigenvalue weighted by Gasteiger charge is 2.20. The lowest BCUT2D eigenvalue weighted by Gasteiger charge is -2.31. The van der Waals surface area contributed by atoms with Crippen molar-refractivity contribution in [2.24, 2.45) is 0 Å². The second kappa shape index (κ2) is 13.5. The minimum atomic E-state index is -0.330. The Morgan fingerprint density at radius 2 is 1.58 bits per heavy atom. The van der Waals surface area contributed by atoms with Gasteiger partial charge in [0.1, 0.15) is 4.83 Å². The average Bonchev–Trinajstić information content (AvgIpc) is 2.91. The van der Waals surface area contributed by atoms with Crippen LogP contribution in [0.3, 0.4) is 0 Å². The standard InChI is InChI=1S/C27H35N5O5S/c1-3-36-26(34)31-12-10-28-11-13-32(27(35)37-4-2)17-15-30(14-16-31)19-20-7-8-23-22(18-20)24(33)21-6-5-9-29-25(21)38-23/h5-9,18,28H,3-4,10-17,19H2,1-2H3. The third kappa shape index (κ3) is 6.97. The quantitative estimate of drug-likeness (QED) is 0.503. The summed E-state index contributed by atoms with van der Waals surface area (Å²) in [5.41, 5.74) is 0.969. The molecular formula is C27H35N5O5S. The van der Waals surface area contributed by atoms with E-state index in [0.29, 0.717) is 82.9 Å². The average molecular weight is 542 g/mol. The summed E-state index contributed by atoms with van der Waals surface area (Å²) in [6.45, 7) is 9.14. The van der Waals surface area contributed by atoms with Crippen molar-refractivity contribution in [2.75, 3.05) is 65.6 Å². The Kier molecular flexibility index (Phi) is 9.85. The molecule has 4 rings (SSSR count). The maximum absolute atomic E-state index is 13.2.